The molecule has 0 spiro atoms. The molecule has 16 heavy (non-hydrogen) atoms. The third-order valence-electron chi connectivity index (χ3n) is 3.31. The number of likely N-dealkylation sites (N-methyl/N-ethyl adjacent to an activating group) is 1. The molecule has 0 bridgehead atoms. The molecule has 1 aliphatic rings. The topological polar surface area (TPSA) is 55.6 Å². The summed E-state index contributed by atoms with van der Waals surface area (Å²) in [5.41, 5.74) is 5.72. The SMILES string of the molecule is COC(=O)C(N)CN(C)CC1CCCCC1. The zero-order chi connectivity index (χ0) is 12.0. The Hall–Kier alpha value is -0.610. The van der Waals surface area contributed by atoms with E-state index in [1.54, 1.807) is 0 Å². The monoisotopic (exact) mass is 228 g/mol. The van der Waals surface area contributed by atoms with Gasteiger partial charge in [-0.3, -0.25) is 4.79 Å². The summed E-state index contributed by atoms with van der Waals surface area (Å²) in [6.45, 7) is 1.63. The van der Waals surface area contributed by atoms with Gasteiger partial charge in [0, 0.05) is 13.1 Å². The zero-order valence-electron chi connectivity index (χ0n) is 10.4. The number of hydrogen-bond acceptors (Lipinski definition) is 4. The van der Waals surface area contributed by atoms with Crippen LogP contribution in [0.15, 0.2) is 0 Å². The van der Waals surface area contributed by atoms with Gasteiger partial charge < -0.3 is 15.4 Å². The maximum atomic E-state index is 11.2. The molecule has 1 aliphatic carbocycles. The molecule has 4 heteroatoms. The second-order valence-electron chi connectivity index (χ2n) is 4.85. The minimum atomic E-state index is -0.515. The summed E-state index contributed by atoms with van der Waals surface area (Å²) in [5, 5.41) is 0. The molecular weight excluding hydrogens is 204 g/mol. The molecular formula is C12H24N2O2. The van der Waals surface area contributed by atoms with Crippen molar-refractivity contribution in [1.29, 1.82) is 0 Å². The van der Waals surface area contributed by atoms with Crippen molar-refractivity contribution in [3.8, 4) is 0 Å². The van der Waals surface area contributed by atoms with Gasteiger partial charge in [-0.15, -0.1) is 0 Å². The standard InChI is InChI=1S/C12H24N2O2/c1-14(9-11(13)12(15)16-2)8-10-6-4-3-5-7-10/h10-11H,3-9,13H2,1-2H3. The molecule has 0 amide bonds. The first kappa shape index (κ1) is 13.5. The van der Waals surface area contributed by atoms with Gasteiger partial charge in [-0.1, -0.05) is 19.3 Å². The molecule has 1 rings (SSSR count). The highest BCUT2D eigenvalue weighted by Crippen LogP contribution is 2.23. The lowest BCUT2D eigenvalue weighted by atomic mass is 9.89. The number of rotatable bonds is 5. The van der Waals surface area contributed by atoms with E-state index in [0.29, 0.717) is 6.54 Å². The first-order valence-corrected chi connectivity index (χ1v) is 6.15. The minimum Gasteiger partial charge on any atom is -0.468 e. The Morgan fingerprint density at radius 1 is 1.44 bits per heavy atom. The fourth-order valence-electron chi connectivity index (χ4n) is 2.45. The van der Waals surface area contributed by atoms with Crippen molar-refractivity contribution in [2.45, 2.75) is 38.1 Å². The van der Waals surface area contributed by atoms with Crippen LogP contribution in [0.2, 0.25) is 0 Å². The average molecular weight is 228 g/mol. The number of esters is 1. The Kier molecular flexibility index (Phi) is 5.77. The summed E-state index contributed by atoms with van der Waals surface area (Å²) >= 11 is 0. The number of hydrogen-bond donors (Lipinski definition) is 1. The Balaban J connectivity index is 2.23. The van der Waals surface area contributed by atoms with Crippen LogP contribution in [0.1, 0.15) is 32.1 Å². The van der Waals surface area contributed by atoms with Gasteiger partial charge in [0.1, 0.15) is 6.04 Å². The van der Waals surface area contributed by atoms with Crippen molar-refractivity contribution < 1.29 is 9.53 Å². The van der Waals surface area contributed by atoms with Crippen molar-refractivity contribution >= 4 is 5.97 Å². The molecule has 1 atom stereocenters. The molecule has 0 aromatic rings. The Labute approximate surface area is 98.1 Å². The number of carbonyl (C=O) groups is 1. The first-order valence-electron chi connectivity index (χ1n) is 6.15. The van der Waals surface area contributed by atoms with Gasteiger partial charge in [0.25, 0.3) is 0 Å². The summed E-state index contributed by atoms with van der Waals surface area (Å²) in [7, 11) is 3.40. The largest absolute Gasteiger partial charge is 0.468 e. The first-order chi connectivity index (χ1) is 7.63. The number of nitrogens with zero attached hydrogens (tertiary/aromatic N) is 1. The highest BCUT2D eigenvalue weighted by molar-refractivity contribution is 5.75. The van der Waals surface area contributed by atoms with Crippen molar-refractivity contribution in [3.05, 3.63) is 0 Å². The van der Waals surface area contributed by atoms with Crippen LogP contribution in [0.25, 0.3) is 0 Å². The van der Waals surface area contributed by atoms with Crippen molar-refractivity contribution in [1.82, 2.24) is 4.90 Å². The zero-order valence-corrected chi connectivity index (χ0v) is 10.4. The lowest BCUT2D eigenvalue weighted by Crippen LogP contribution is -2.43. The molecule has 0 aromatic carbocycles. The second-order valence-corrected chi connectivity index (χ2v) is 4.85. The normalized spacial score (nSPS) is 19.8. The molecule has 0 saturated heterocycles. The van der Waals surface area contributed by atoms with Gasteiger partial charge in [0.2, 0.25) is 0 Å². The Morgan fingerprint density at radius 3 is 2.62 bits per heavy atom. The van der Waals surface area contributed by atoms with E-state index in [2.05, 4.69) is 9.64 Å². The number of nitrogens with two attached hydrogens (primary N) is 1. The van der Waals surface area contributed by atoms with E-state index in [4.69, 9.17) is 5.73 Å². The van der Waals surface area contributed by atoms with Crippen LogP contribution in [-0.4, -0.2) is 44.2 Å². The van der Waals surface area contributed by atoms with Crippen molar-refractivity contribution in [3.63, 3.8) is 0 Å². The molecule has 1 fully saturated rings. The molecule has 1 saturated carbocycles. The van der Waals surface area contributed by atoms with Crippen LogP contribution in [0.3, 0.4) is 0 Å². The van der Waals surface area contributed by atoms with E-state index >= 15 is 0 Å². The van der Waals surface area contributed by atoms with Crippen LogP contribution >= 0.6 is 0 Å². The fraction of sp³-hybridized carbons (Fsp3) is 0.917. The highest BCUT2D eigenvalue weighted by Gasteiger charge is 2.19. The van der Waals surface area contributed by atoms with Crippen LogP contribution in [0.5, 0.6) is 0 Å². The van der Waals surface area contributed by atoms with Crippen LogP contribution in [0, 0.1) is 5.92 Å². The molecule has 4 nitrogen and oxygen atoms in total. The summed E-state index contributed by atoms with van der Waals surface area (Å²) in [6.07, 6.45) is 6.71. The second kappa shape index (κ2) is 6.86. The Morgan fingerprint density at radius 2 is 2.06 bits per heavy atom. The minimum absolute atomic E-state index is 0.324. The molecule has 0 aliphatic heterocycles. The predicted octanol–water partition coefficient (Wildman–Crippen LogP) is 0.999. The smallest absolute Gasteiger partial charge is 0.323 e. The summed E-state index contributed by atoms with van der Waals surface area (Å²) in [6, 6.07) is -0.515. The molecule has 2 N–H and O–H groups in total. The molecule has 0 aromatic heterocycles. The molecule has 0 heterocycles. The predicted molar refractivity (Wildman–Crippen MR) is 64.1 cm³/mol. The third-order valence-corrected chi connectivity index (χ3v) is 3.31. The van der Waals surface area contributed by atoms with Gasteiger partial charge in [-0.2, -0.15) is 0 Å². The Bertz CT molecular complexity index is 215. The molecule has 1 unspecified atom stereocenters. The van der Waals surface area contributed by atoms with Gasteiger partial charge in [0.05, 0.1) is 7.11 Å². The van der Waals surface area contributed by atoms with Crippen LogP contribution < -0.4 is 5.73 Å². The van der Waals surface area contributed by atoms with E-state index in [0.717, 1.165) is 12.5 Å². The van der Waals surface area contributed by atoms with Crippen LogP contribution in [0.4, 0.5) is 0 Å². The van der Waals surface area contributed by atoms with E-state index in [9.17, 15) is 4.79 Å². The van der Waals surface area contributed by atoms with E-state index in [1.165, 1.54) is 39.2 Å². The maximum absolute atomic E-state index is 11.2. The van der Waals surface area contributed by atoms with E-state index in [-0.39, 0.29) is 5.97 Å². The third kappa shape index (κ3) is 4.49. The lowest BCUT2D eigenvalue weighted by Gasteiger charge is -2.27. The number of carbonyl (C=O) groups excluding carboxylic acids is 1. The fourth-order valence-corrected chi connectivity index (χ4v) is 2.45. The lowest BCUT2D eigenvalue weighted by molar-refractivity contribution is -0.142. The number of ether oxygens (including phenoxy) is 1. The summed E-state index contributed by atoms with van der Waals surface area (Å²) < 4.78 is 4.61. The van der Waals surface area contributed by atoms with Crippen molar-refractivity contribution in [2.24, 2.45) is 11.7 Å². The van der Waals surface area contributed by atoms with E-state index in [1.807, 2.05) is 7.05 Å². The summed E-state index contributed by atoms with van der Waals surface area (Å²) in [5.74, 6) is 0.457. The molecule has 0 radical (unpaired) electrons. The van der Waals surface area contributed by atoms with Gasteiger partial charge in [0.15, 0.2) is 0 Å². The van der Waals surface area contributed by atoms with Crippen molar-refractivity contribution in [2.75, 3.05) is 27.2 Å². The highest BCUT2D eigenvalue weighted by atomic mass is 16.5. The summed E-state index contributed by atoms with van der Waals surface area (Å²) in [4.78, 5) is 13.3. The van der Waals surface area contributed by atoms with Crippen LogP contribution in [-0.2, 0) is 9.53 Å². The van der Waals surface area contributed by atoms with Gasteiger partial charge in [-0.25, -0.2) is 0 Å². The van der Waals surface area contributed by atoms with Gasteiger partial charge >= 0.3 is 5.97 Å². The van der Waals surface area contributed by atoms with E-state index < -0.39 is 6.04 Å². The maximum Gasteiger partial charge on any atom is 0.323 e. The number of methoxy groups -OCH3 is 1. The molecule has 94 valence electrons. The quantitative estimate of drug-likeness (QED) is 0.713. The van der Waals surface area contributed by atoms with Gasteiger partial charge in [-0.05, 0) is 25.8 Å². The average Bonchev–Trinajstić information content (AvgIpc) is 2.29.